The Bertz CT molecular complexity index is 680. The summed E-state index contributed by atoms with van der Waals surface area (Å²) in [7, 11) is -1.56. The molecule has 1 atom stereocenters. The van der Waals surface area contributed by atoms with Gasteiger partial charge in [0.2, 0.25) is 10.0 Å². The Hall–Kier alpha value is -1.45. The fourth-order valence-electron chi connectivity index (χ4n) is 3.93. The topological polar surface area (TPSA) is 95.6 Å². The van der Waals surface area contributed by atoms with Gasteiger partial charge >= 0.3 is 0 Å². The zero-order valence-corrected chi connectivity index (χ0v) is 14.9. The van der Waals surface area contributed by atoms with Gasteiger partial charge in [-0.15, -0.1) is 0 Å². The van der Waals surface area contributed by atoms with E-state index in [0.29, 0.717) is 38.5 Å². The number of aromatic amines is 1. The number of hydrogen-bond donors (Lipinski definition) is 1. The van der Waals surface area contributed by atoms with Crippen LogP contribution in [0.4, 0.5) is 0 Å². The Morgan fingerprint density at radius 1 is 1.46 bits per heavy atom. The summed E-state index contributed by atoms with van der Waals surface area (Å²) >= 11 is 0. The van der Waals surface area contributed by atoms with Gasteiger partial charge in [0, 0.05) is 45.4 Å². The predicted molar refractivity (Wildman–Crippen MR) is 87.9 cm³/mol. The van der Waals surface area contributed by atoms with Crippen LogP contribution in [0, 0.1) is 11.3 Å². The van der Waals surface area contributed by atoms with Crippen LogP contribution in [-0.2, 0) is 14.8 Å². The lowest BCUT2D eigenvalue weighted by molar-refractivity contribution is 0.0324. The molecule has 3 rings (SSSR count). The van der Waals surface area contributed by atoms with E-state index in [0.717, 1.165) is 12.8 Å². The Balaban J connectivity index is 1.71. The maximum absolute atomic E-state index is 12.4. The van der Waals surface area contributed by atoms with E-state index in [-0.39, 0.29) is 17.2 Å². The summed E-state index contributed by atoms with van der Waals surface area (Å²) in [6.45, 7) is 2.80. The van der Waals surface area contributed by atoms with Crippen molar-refractivity contribution in [2.75, 3.05) is 46.2 Å². The predicted octanol–water partition coefficient (Wildman–Crippen LogP) is 0.170. The number of likely N-dealkylation sites (tertiary alicyclic amines) is 1. The van der Waals surface area contributed by atoms with Gasteiger partial charge in [-0.2, -0.15) is 5.10 Å². The Kier molecular flexibility index (Phi) is 4.67. The van der Waals surface area contributed by atoms with E-state index in [1.54, 1.807) is 23.7 Å². The molecule has 0 bridgehead atoms. The Labute approximate surface area is 142 Å². The maximum atomic E-state index is 12.4. The van der Waals surface area contributed by atoms with Gasteiger partial charge in [0.05, 0.1) is 12.9 Å². The quantitative estimate of drug-likeness (QED) is 0.830. The van der Waals surface area contributed by atoms with E-state index in [1.165, 1.54) is 6.26 Å². The first-order valence-electron chi connectivity index (χ1n) is 8.08. The number of carbonyl (C=O) groups excluding carboxylic acids is 1. The smallest absolute Gasteiger partial charge is 0.271 e. The summed E-state index contributed by atoms with van der Waals surface area (Å²) in [6.07, 6.45) is 4.39. The number of sulfonamides is 1. The van der Waals surface area contributed by atoms with Crippen molar-refractivity contribution in [1.29, 1.82) is 0 Å². The molecule has 1 N–H and O–H groups in total. The van der Waals surface area contributed by atoms with Gasteiger partial charge in [-0.3, -0.25) is 9.89 Å². The minimum atomic E-state index is -3.21. The van der Waals surface area contributed by atoms with Gasteiger partial charge in [0.15, 0.2) is 0 Å². The summed E-state index contributed by atoms with van der Waals surface area (Å²) in [5.41, 5.74) is 0.382. The van der Waals surface area contributed by atoms with Crippen LogP contribution in [0.3, 0.4) is 0 Å². The highest BCUT2D eigenvalue weighted by atomic mass is 32.2. The maximum Gasteiger partial charge on any atom is 0.271 e. The number of methoxy groups -OCH3 is 1. The lowest BCUT2D eigenvalue weighted by Crippen LogP contribution is -2.47. The molecule has 3 heterocycles. The third-order valence-corrected chi connectivity index (χ3v) is 6.61. The molecule has 8 nitrogen and oxygen atoms in total. The monoisotopic (exact) mass is 356 g/mol. The lowest BCUT2D eigenvalue weighted by Gasteiger charge is -2.42. The molecule has 0 aromatic carbocycles. The minimum Gasteiger partial charge on any atom is -0.384 e. The second-order valence-electron chi connectivity index (χ2n) is 6.83. The molecule has 1 spiro atoms. The van der Waals surface area contributed by atoms with Crippen LogP contribution in [0.5, 0.6) is 0 Å². The first-order chi connectivity index (χ1) is 11.4. The van der Waals surface area contributed by atoms with Crippen LogP contribution >= 0.6 is 0 Å². The normalized spacial score (nSPS) is 24.6. The molecule has 2 fully saturated rings. The molecule has 1 aromatic rings. The number of nitrogens with one attached hydrogen (secondary N) is 1. The molecule has 0 aliphatic carbocycles. The van der Waals surface area contributed by atoms with Crippen molar-refractivity contribution in [3.8, 4) is 0 Å². The fourth-order valence-corrected chi connectivity index (χ4v) is 4.88. The number of hydrogen-bond acceptors (Lipinski definition) is 5. The number of piperidine rings is 1. The van der Waals surface area contributed by atoms with Crippen LogP contribution < -0.4 is 0 Å². The van der Waals surface area contributed by atoms with Crippen molar-refractivity contribution in [3.05, 3.63) is 18.0 Å². The number of ether oxygens (including phenoxy) is 1. The summed E-state index contributed by atoms with van der Waals surface area (Å²) in [5.74, 6) is 0.116. The van der Waals surface area contributed by atoms with Crippen molar-refractivity contribution in [2.24, 2.45) is 11.3 Å². The van der Waals surface area contributed by atoms with E-state index in [4.69, 9.17) is 4.74 Å². The van der Waals surface area contributed by atoms with Crippen LogP contribution in [0.2, 0.25) is 0 Å². The number of nitrogens with zero attached hydrogens (tertiary/aromatic N) is 3. The first kappa shape index (κ1) is 17.4. The molecule has 1 aromatic heterocycles. The van der Waals surface area contributed by atoms with Gasteiger partial charge in [-0.05, 0) is 24.3 Å². The van der Waals surface area contributed by atoms with E-state index in [9.17, 15) is 13.2 Å². The average Bonchev–Trinajstić information content (AvgIpc) is 3.17. The zero-order chi connectivity index (χ0) is 17.4. The molecular weight excluding hydrogens is 332 g/mol. The van der Waals surface area contributed by atoms with Crippen molar-refractivity contribution >= 4 is 15.9 Å². The highest BCUT2D eigenvalue weighted by molar-refractivity contribution is 7.88. The van der Waals surface area contributed by atoms with Crippen LogP contribution in [0.1, 0.15) is 23.3 Å². The molecular formula is C15H24N4O4S. The van der Waals surface area contributed by atoms with Crippen molar-refractivity contribution in [1.82, 2.24) is 19.4 Å². The molecule has 2 aliphatic heterocycles. The molecule has 1 amide bonds. The molecule has 134 valence electrons. The number of carbonyl (C=O) groups is 1. The molecule has 2 saturated heterocycles. The van der Waals surface area contributed by atoms with Gasteiger partial charge in [0.1, 0.15) is 5.69 Å². The van der Waals surface area contributed by atoms with Crippen molar-refractivity contribution < 1.29 is 17.9 Å². The van der Waals surface area contributed by atoms with Gasteiger partial charge in [-0.1, -0.05) is 0 Å². The highest BCUT2D eigenvalue weighted by Gasteiger charge is 2.50. The number of aromatic nitrogens is 2. The Morgan fingerprint density at radius 3 is 2.71 bits per heavy atom. The zero-order valence-electron chi connectivity index (χ0n) is 14.1. The highest BCUT2D eigenvalue weighted by Crippen LogP contribution is 2.45. The first-order valence-corrected chi connectivity index (χ1v) is 9.93. The van der Waals surface area contributed by atoms with E-state index in [2.05, 4.69) is 10.2 Å². The summed E-state index contributed by atoms with van der Waals surface area (Å²) in [6, 6.07) is 1.67. The van der Waals surface area contributed by atoms with Crippen molar-refractivity contribution in [2.45, 2.75) is 12.8 Å². The molecule has 24 heavy (non-hydrogen) atoms. The lowest BCUT2D eigenvalue weighted by atomic mass is 9.71. The molecule has 0 radical (unpaired) electrons. The molecule has 0 saturated carbocycles. The fraction of sp³-hybridized carbons (Fsp3) is 0.733. The SMILES string of the molecule is COCC1CN(S(C)(=O)=O)CC12CCN(C(=O)c1ccn[nH]1)CC2. The van der Waals surface area contributed by atoms with Gasteiger partial charge < -0.3 is 9.64 Å². The van der Waals surface area contributed by atoms with Crippen LogP contribution in [-0.4, -0.2) is 79.9 Å². The largest absolute Gasteiger partial charge is 0.384 e. The average molecular weight is 356 g/mol. The second-order valence-corrected chi connectivity index (χ2v) is 8.82. The molecule has 1 unspecified atom stereocenters. The minimum absolute atomic E-state index is 0.0522. The molecule has 9 heteroatoms. The number of H-pyrrole nitrogens is 1. The van der Waals surface area contributed by atoms with E-state index >= 15 is 0 Å². The van der Waals surface area contributed by atoms with E-state index in [1.807, 2.05) is 4.90 Å². The van der Waals surface area contributed by atoms with Crippen molar-refractivity contribution in [3.63, 3.8) is 0 Å². The third kappa shape index (κ3) is 3.20. The van der Waals surface area contributed by atoms with Gasteiger partial charge in [0.25, 0.3) is 5.91 Å². The second kappa shape index (κ2) is 6.45. The summed E-state index contributed by atoms with van der Waals surface area (Å²) < 4.78 is 30.8. The number of amides is 1. The van der Waals surface area contributed by atoms with Crippen LogP contribution in [0.15, 0.2) is 12.3 Å². The van der Waals surface area contributed by atoms with Gasteiger partial charge in [-0.25, -0.2) is 12.7 Å². The molecule has 2 aliphatic rings. The summed E-state index contributed by atoms with van der Waals surface area (Å²) in [5, 5.41) is 6.52. The summed E-state index contributed by atoms with van der Waals surface area (Å²) in [4.78, 5) is 14.2. The van der Waals surface area contributed by atoms with E-state index < -0.39 is 10.0 Å². The number of rotatable bonds is 4. The van der Waals surface area contributed by atoms with Crippen LogP contribution in [0.25, 0.3) is 0 Å². The standard InChI is InChI=1S/C15H24N4O4S/c1-23-10-12-9-19(24(2,21)22)11-15(12)4-7-18(8-5-15)14(20)13-3-6-16-17-13/h3,6,12H,4-5,7-11H2,1-2H3,(H,16,17). The third-order valence-electron chi connectivity index (χ3n) is 5.40. The Morgan fingerprint density at radius 2 is 2.17 bits per heavy atom.